The van der Waals surface area contributed by atoms with Gasteiger partial charge in [0.1, 0.15) is 6.10 Å². The molecule has 1 aromatic rings. The number of ether oxygens (including phenoxy) is 1. The Hall–Kier alpha value is -2.26. The van der Waals surface area contributed by atoms with E-state index < -0.39 is 24.6 Å². The van der Waals surface area contributed by atoms with Crippen molar-refractivity contribution in [1.82, 2.24) is 9.55 Å². The Morgan fingerprint density at radius 2 is 2.05 bits per heavy atom. The zero-order chi connectivity index (χ0) is 14.9. The molecule has 0 spiro atoms. The second-order valence-electron chi connectivity index (χ2n) is 4.06. The van der Waals surface area contributed by atoms with E-state index in [-0.39, 0.29) is 35.3 Å². The van der Waals surface area contributed by atoms with Crippen molar-refractivity contribution in [2.45, 2.75) is 12.3 Å². The molecule has 0 radical (unpaired) electrons. The summed E-state index contributed by atoms with van der Waals surface area (Å²) in [5.74, 6) is -0.171. The van der Waals surface area contributed by atoms with Crippen LogP contribution in [0.5, 0.6) is 0 Å². The van der Waals surface area contributed by atoms with Gasteiger partial charge < -0.3 is 21.3 Å². The van der Waals surface area contributed by atoms with Gasteiger partial charge in [-0.15, -0.1) is 0 Å². The third-order valence-electron chi connectivity index (χ3n) is 2.90. The largest absolute Gasteiger partial charge is 0.395 e. The van der Waals surface area contributed by atoms with Crippen molar-refractivity contribution in [3.8, 4) is 0 Å². The van der Waals surface area contributed by atoms with Crippen LogP contribution in [0.4, 0.5) is 20.3 Å². The standard InChI is InChI=1S/C11H12F2N4O3/c12-1-5-6(2-13)10(20-8(5)4-18)17-3-7(14)9(15)16-11(17)19/h1-3,8,10,18H,4,14H2,(H2,15,16,19)/b5-1+,6-2+. The van der Waals surface area contributed by atoms with Crippen molar-refractivity contribution in [1.29, 1.82) is 0 Å². The zero-order valence-corrected chi connectivity index (χ0v) is 10.2. The summed E-state index contributed by atoms with van der Waals surface area (Å²) in [6.45, 7) is -0.573. The lowest BCUT2D eigenvalue weighted by atomic mass is 10.1. The Morgan fingerprint density at radius 3 is 2.60 bits per heavy atom. The van der Waals surface area contributed by atoms with Gasteiger partial charge in [-0.1, -0.05) is 0 Å². The molecule has 0 bridgehead atoms. The predicted octanol–water partition coefficient (Wildman–Crippen LogP) is 0.00420. The minimum atomic E-state index is -1.28. The molecule has 0 amide bonds. The van der Waals surface area contributed by atoms with Gasteiger partial charge in [-0.2, -0.15) is 4.98 Å². The highest BCUT2D eigenvalue weighted by atomic mass is 19.1. The summed E-state index contributed by atoms with van der Waals surface area (Å²) >= 11 is 0. The van der Waals surface area contributed by atoms with Crippen molar-refractivity contribution in [3.63, 3.8) is 0 Å². The molecule has 108 valence electrons. The van der Waals surface area contributed by atoms with Crippen molar-refractivity contribution in [2.75, 3.05) is 18.1 Å². The number of nitrogens with zero attached hydrogens (tertiary/aromatic N) is 2. The van der Waals surface area contributed by atoms with Gasteiger partial charge in [-0.3, -0.25) is 4.57 Å². The smallest absolute Gasteiger partial charge is 0.352 e. The fourth-order valence-corrected chi connectivity index (χ4v) is 1.90. The minimum Gasteiger partial charge on any atom is -0.395 e. The van der Waals surface area contributed by atoms with E-state index in [2.05, 4.69) is 4.98 Å². The second kappa shape index (κ2) is 5.39. The number of aliphatic hydroxyl groups excluding tert-OH is 1. The van der Waals surface area contributed by atoms with Crippen LogP contribution >= 0.6 is 0 Å². The number of anilines is 2. The van der Waals surface area contributed by atoms with Gasteiger partial charge in [0.2, 0.25) is 0 Å². The first-order valence-corrected chi connectivity index (χ1v) is 5.54. The highest BCUT2D eigenvalue weighted by Gasteiger charge is 2.37. The maximum absolute atomic E-state index is 13.0. The van der Waals surface area contributed by atoms with Crippen LogP contribution in [0.3, 0.4) is 0 Å². The lowest BCUT2D eigenvalue weighted by molar-refractivity contribution is -0.00849. The first-order valence-electron chi connectivity index (χ1n) is 5.54. The summed E-state index contributed by atoms with van der Waals surface area (Å²) in [4.78, 5) is 15.2. The number of rotatable bonds is 2. The monoisotopic (exact) mass is 286 g/mol. The van der Waals surface area contributed by atoms with E-state index in [1.807, 2.05) is 0 Å². The topological polar surface area (TPSA) is 116 Å². The number of aliphatic hydroxyl groups is 1. The molecule has 2 atom stereocenters. The molecule has 20 heavy (non-hydrogen) atoms. The number of hydrogen-bond acceptors (Lipinski definition) is 6. The van der Waals surface area contributed by atoms with Crippen LogP contribution in [-0.2, 0) is 4.74 Å². The van der Waals surface area contributed by atoms with Crippen LogP contribution in [0.25, 0.3) is 0 Å². The average molecular weight is 286 g/mol. The van der Waals surface area contributed by atoms with E-state index in [1.165, 1.54) is 0 Å². The quantitative estimate of drug-likeness (QED) is 0.705. The fraction of sp³-hybridized carbons (Fsp3) is 0.273. The molecule has 0 aromatic carbocycles. The Labute approximate surface area is 111 Å². The van der Waals surface area contributed by atoms with Crippen LogP contribution in [0, 0.1) is 0 Å². The fourth-order valence-electron chi connectivity index (χ4n) is 1.90. The number of hydrogen-bond donors (Lipinski definition) is 3. The van der Waals surface area contributed by atoms with E-state index in [0.717, 1.165) is 10.8 Å². The van der Waals surface area contributed by atoms with Gasteiger partial charge in [0, 0.05) is 17.3 Å². The number of nitrogens with two attached hydrogens (primary N) is 2. The number of aromatic nitrogens is 2. The molecule has 5 N–H and O–H groups in total. The Balaban J connectivity index is 2.53. The van der Waals surface area contributed by atoms with Crippen LogP contribution < -0.4 is 17.2 Å². The lowest BCUT2D eigenvalue weighted by Crippen LogP contribution is -2.29. The molecule has 1 aromatic heterocycles. The zero-order valence-electron chi connectivity index (χ0n) is 10.2. The summed E-state index contributed by atoms with van der Waals surface area (Å²) in [7, 11) is 0. The maximum Gasteiger partial charge on any atom is 0.352 e. The molecule has 2 rings (SSSR count). The highest BCUT2D eigenvalue weighted by molar-refractivity contribution is 5.55. The van der Waals surface area contributed by atoms with E-state index in [9.17, 15) is 13.6 Å². The summed E-state index contributed by atoms with van der Waals surface area (Å²) in [6.07, 6.45) is -1.02. The Bertz CT molecular complexity index is 641. The summed E-state index contributed by atoms with van der Waals surface area (Å²) in [6, 6.07) is 0. The SMILES string of the molecule is Nc1cn(C2OC(CO)C(=C/F)/C2=C\F)c(=O)nc1N. The molecule has 2 heterocycles. The van der Waals surface area contributed by atoms with Gasteiger partial charge in [-0.05, 0) is 0 Å². The summed E-state index contributed by atoms with van der Waals surface area (Å²) < 4.78 is 31.9. The minimum absolute atomic E-state index is 0.00960. The summed E-state index contributed by atoms with van der Waals surface area (Å²) in [5.41, 5.74) is 9.62. The molecule has 1 aliphatic rings. The Morgan fingerprint density at radius 1 is 1.40 bits per heavy atom. The molecular formula is C11H12F2N4O3. The van der Waals surface area contributed by atoms with Crippen LogP contribution in [0.1, 0.15) is 6.23 Å². The van der Waals surface area contributed by atoms with Gasteiger partial charge in [0.15, 0.2) is 12.0 Å². The number of nitrogen functional groups attached to an aromatic ring is 2. The van der Waals surface area contributed by atoms with Gasteiger partial charge in [0.05, 0.1) is 25.0 Å². The lowest BCUT2D eigenvalue weighted by Gasteiger charge is -2.15. The predicted molar refractivity (Wildman–Crippen MR) is 66.7 cm³/mol. The average Bonchev–Trinajstić information content (AvgIpc) is 2.80. The molecule has 1 fully saturated rings. The first-order chi connectivity index (χ1) is 9.53. The molecular weight excluding hydrogens is 274 g/mol. The van der Waals surface area contributed by atoms with Gasteiger partial charge >= 0.3 is 5.69 Å². The van der Waals surface area contributed by atoms with E-state index in [0.29, 0.717) is 0 Å². The molecule has 0 aliphatic carbocycles. The summed E-state index contributed by atoms with van der Waals surface area (Å²) in [5, 5.41) is 9.08. The first kappa shape index (κ1) is 14.2. The van der Waals surface area contributed by atoms with Gasteiger partial charge in [-0.25, -0.2) is 13.6 Å². The molecule has 1 saturated heterocycles. The highest BCUT2D eigenvalue weighted by Crippen LogP contribution is 2.38. The number of halogens is 2. The Kier molecular flexibility index (Phi) is 3.81. The molecule has 1 aliphatic heterocycles. The third kappa shape index (κ3) is 2.17. The molecule has 2 unspecified atom stereocenters. The molecule has 7 nitrogen and oxygen atoms in total. The maximum atomic E-state index is 13.0. The van der Waals surface area contributed by atoms with Crippen molar-refractivity contribution >= 4 is 11.5 Å². The van der Waals surface area contributed by atoms with Crippen LogP contribution in [0.2, 0.25) is 0 Å². The molecule has 0 saturated carbocycles. The van der Waals surface area contributed by atoms with Crippen LogP contribution in [-0.4, -0.2) is 27.4 Å². The van der Waals surface area contributed by atoms with E-state index in [1.54, 1.807) is 0 Å². The normalized spacial score (nSPS) is 26.6. The molecule has 9 heteroatoms. The van der Waals surface area contributed by atoms with Crippen molar-refractivity contribution < 1.29 is 18.6 Å². The van der Waals surface area contributed by atoms with Crippen molar-refractivity contribution in [2.24, 2.45) is 0 Å². The van der Waals surface area contributed by atoms with Crippen LogP contribution in [0.15, 0.2) is 34.8 Å². The third-order valence-corrected chi connectivity index (χ3v) is 2.90. The van der Waals surface area contributed by atoms with E-state index in [4.69, 9.17) is 21.3 Å². The second-order valence-corrected chi connectivity index (χ2v) is 4.06. The van der Waals surface area contributed by atoms with Gasteiger partial charge in [0.25, 0.3) is 0 Å². The van der Waals surface area contributed by atoms with E-state index >= 15 is 0 Å². The van der Waals surface area contributed by atoms with Crippen molar-refractivity contribution in [3.05, 3.63) is 40.5 Å².